The molecule has 0 aliphatic heterocycles. The molecule has 1 aromatic carbocycles. The van der Waals surface area contributed by atoms with Gasteiger partial charge in [-0.25, -0.2) is 4.39 Å². The van der Waals surface area contributed by atoms with Crippen molar-refractivity contribution < 1.29 is 14.3 Å². The third kappa shape index (κ3) is 2.72. The third-order valence-electron chi connectivity index (χ3n) is 1.95. The number of aliphatic carboxylic acids is 1. The number of hydrogen-bond donors (Lipinski definition) is 2. The number of halogens is 2. The highest BCUT2D eigenvalue weighted by Crippen LogP contribution is 2.23. The number of rotatable bonds is 4. The van der Waals surface area contributed by atoms with Crippen LogP contribution in [-0.4, -0.2) is 17.6 Å². The molecule has 5 heteroatoms. The van der Waals surface area contributed by atoms with E-state index in [1.807, 2.05) is 0 Å². The van der Waals surface area contributed by atoms with Crippen molar-refractivity contribution in [2.24, 2.45) is 0 Å². The first-order chi connectivity index (χ1) is 7.57. The van der Waals surface area contributed by atoms with Crippen molar-refractivity contribution in [2.75, 3.05) is 6.54 Å². The van der Waals surface area contributed by atoms with Gasteiger partial charge >= 0.3 is 5.97 Å². The van der Waals surface area contributed by atoms with Crippen molar-refractivity contribution in [1.29, 1.82) is 0 Å². The normalized spacial score (nSPS) is 11.8. The molecule has 0 aliphatic rings. The van der Waals surface area contributed by atoms with Crippen LogP contribution in [0.15, 0.2) is 18.2 Å². The minimum absolute atomic E-state index is 0.0307. The summed E-state index contributed by atoms with van der Waals surface area (Å²) < 4.78 is 13.6. The summed E-state index contributed by atoms with van der Waals surface area (Å²) in [4.78, 5) is 10.9. The van der Waals surface area contributed by atoms with Crippen LogP contribution in [0.5, 0.6) is 0 Å². The zero-order chi connectivity index (χ0) is 12.1. The fourth-order valence-corrected chi connectivity index (χ4v) is 1.42. The third-order valence-corrected chi connectivity index (χ3v) is 2.24. The molecular formula is C11H9ClFNO2. The molecular weight excluding hydrogens is 233 g/mol. The maximum atomic E-state index is 13.6. The lowest BCUT2D eigenvalue weighted by atomic mass is 10.1. The van der Waals surface area contributed by atoms with Gasteiger partial charge in [-0.05, 0) is 6.07 Å². The summed E-state index contributed by atoms with van der Waals surface area (Å²) in [6.07, 6.45) is 5.00. The highest BCUT2D eigenvalue weighted by molar-refractivity contribution is 6.30. The standard InChI is InChI=1S/C11H9ClFNO2/c1-2-6-14-10(11(15)16)7-4-3-5-8(12)9(7)13/h1,3-5,10,14H,6H2,(H,15,16). The highest BCUT2D eigenvalue weighted by atomic mass is 35.5. The van der Waals surface area contributed by atoms with Gasteiger partial charge in [-0.3, -0.25) is 10.1 Å². The Morgan fingerprint density at radius 2 is 2.38 bits per heavy atom. The Bertz CT molecular complexity index is 442. The Morgan fingerprint density at radius 1 is 1.69 bits per heavy atom. The van der Waals surface area contributed by atoms with Crippen molar-refractivity contribution in [1.82, 2.24) is 5.32 Å². The molecule has 0 saturated carbocycles. The second-order valence-electron chi connectivity index (χ2n) is 3.00. The Labute approximate surface area is 97.2 Å². The molecule has 1 aromatic rings. The molecule has 0 amide bonds. The van der Waals surface area contributed by atoms with Gasteiger partial charge in [0.2, 0.25) is 0 Å². The Hall–Kier alpha value is -1.57. The van der Waals surface area contributed by atoms with Crippen molar-refractivity contribution >= 4 is 17.6 Å². The molecule has 16 heavy (non-hydrogen) atoms. The van der Waals surface area contributed by atoms with E-state index in [2.05, 4.69) is 11.2 Å². The van der Waals surface area contributed by atoms with Crippen molar-refractivity contribution in [3.05, 3.63) is 34.6 Å². The predicted octanol–water partition coefficient (Wildman–Crippen LogP) is 1.83. The van der Waals surface area contributed by atoms with Gasteiger partial charge in [0.1, 0.15) is 11.9 Å². The van der Waals surface area contributed by atoms with E-state index in [4.69, 9.17) is 23.1 Å². The molecule has 2 N–H and O–H groups in total. The molecule has 0 spiro atoms. The van der Waals surface area contributed by atoms with E-state index < -0.39 is 17.8 Å². The molecule has 1 rings (SSSR count). The Kier molecular flexibility index (Phi) is 4.29. The second-order valence-corrected chi connectivity index (χ2v) is 3.41. The summed E-state index contributed by atoms with van der Waals surface area (Å²) >= 11 is 5.56. The lowest BCUT2D eigenvalue weighted by Gasteiger charge is -2.14. The van der Waals surface area contributed by atoms with Gasteiger partial charge in [0.25, 0.3) is 0 Å². The fourth-order valence-electron chi connectivity index (χ4n) is 1.23. The second kappa shape index (κ2) is 5.50. The quantitative estimate of drug-likeness (QED) is 0.791. The van der Waals surface area contributed by atoms with Crippen LogP contribution in [0, 0.1) is 18.2 Å². The van der Waals surface area contributed by atoms with Crippen LogP contribution in [0.1, 0.15) is 11.6 Å². The van der Waals surface area contributed by atoms with Crippen LogP contribution in [-0.2, 0) is 4.79 Å². The van der Waals surface area contributed by atoms with Gasteiger partial charge in [0.15, 0.2) is 0 Å². The van der Waals surface area contributed by atoms with Crippen molar-refractivity contribution in [2.45, 2.75) is 6.04 Å². The lowest BCUT2D eigenvalue weighted by Crippen LogP contribution is -2.29. The number of carboxylic acids is 1. The molecule has 0 aromatic heterocycles. The van der Waals surface area contributed by atoms with Gasteiger partial charge < -0.3 is 5.11 Å². The van der Waals surface area contributed by atoms with E-state index in [1.165, 1.54) is 18.2 Å². The van der Waals surface area contributed by atoms with E-state index in [0.29, 0.717) is 0 Å². The van der Waals surface area contributed by atoms with Crippen LogP contribution < -0.4 is 5.32 Å². The van der Waals surface area contributed by atoms with Gasteiger partial charge in [-0.2, -0.15) is 0 Å². The zero-order valence-corrected chi connectivity index (χ0v) is 8.96. The summed E-state index contributed by atoms with van der Waals surface area (Å²) in [6.45, 7) is 0.0307. The number of carbonyl (C=O) groups is 1. The summed E-state index contributed by atoms with van der Waals surface area (Å²) in [5, 5.41) is 11.3. The summed E-state index contributed by atoms with van der Waals surface area (Å²) in [5.74, 6) is 0.266. The van der Waals surface area contributed by atoms with Gasteiger partial charge in [-0.1, -0.05) is 29.7 Å². The van der Waals surface area contributed by atoms with Crippen molar-refractivity contribution in [3.8, 4) is 12.3 Å². The molecule has 3 nitrogen and oxygen atoms in total. The number of benzene rings is 1. The number of nitrogens with one attached hydrogen (secondary N) is 1. The number of hydrogen-bond acceptors (Lipinski definition) is 2. The molecule has 1 atom stereocenters. The molecule has 0 aliphatic carbocycles. The van der Waals surface area contributed by atoms with Crippen LogP contribution in [0.25, 0.3) is 0 Å². The van der Waals surface area contributed by atoms with Crippen LogP contribution in [0.3, 0.4) is 0 Å². The Morgan fingerprint density at radius 3 is 2.94 bits per heavy atom. The highest BCUT2D eigenvalue weighted by Gasteiger charge is 2.23. The number of carboxylic acid groups (broad SMARTS) is 1. The van der Waals surface area contributed by atoms with Crippen LogP contribution in [0.2, 0.25) is 5.02 Å². The van der Waals surface area contributed by atoms with E-state index in [1.54, 1.807) is 0 Å². The Balaban J connectivity index is 3.07. The largest absolute Gasteiger partial charge is 0.480 e. The van der Waals surface area contributed by atoms with E-state index >= 15 is 0 Å². The topological polar surface area (TPSA) is 49.3 Å². The first kappa shape index (κ1) is 12.5. The monoisotopic (exact) mass is 241 g/mol. The summed E-state index contributed by atoms with van der Waals surface area (Å²) in [7, 11) is 0. The minimum Gasteiger partial charge on any atom is -0.480 e. The molecule has 1 unspecified atom stereocenters. The smallest absolute Gasteiger partial charge is 0.325 e. The zero-order valence-electron chi connectivity index (χ0n) is 8.21. The fraction of sp³-hybridized carbons (Fsp3) is 0.182. The lowest BCUT2D eigenvalue weighted by molar-refractivity contribution is -0.139. The minimum atomic E-state index is -1.21. The SMILES string of the molecule is C#CCNC(C(=O)O)c1cccc(Cl)c1F. The summed E-state index contributed by atoms with van der Waals surface area (Å²) in [6, 6.07) is 2.98. The van der Waals surface area contributed by atoms with Gasteiger partial charge in [0.05, 0.1) is 11.6 Å². The molecule has 0 heterocycles. The predicted molar refractivity (Wildman–Crippen MR) is 58.6 cm³/mol. The van der Waals surface area contributed by atoms with Gasteiger partial charge in [-0.15, -0.1) is 6.42 Å². The number of terminal acetylenes is 1. The van der Waals surface area contributed by atoms with Crippen molar-refractivity contribution in [3.63, 3.8) is 0 Å². The molecule has 0 saturated heterocycles. The molecule has 0 radical (unpaired) electrons. The van der Waals surface area contributed by atoms with Gasteiger partial charge in [0, 0.05) is 5.56 Å². The average Bonchev–Trinajstić information content (AvgIpc) is 2.24. The average molecular weight is 242 g/mol. The van der Waals surface area contributed by atoms with E-state index in [9.17, 15) is 9.18 Å². The maximum Gasteiger partial charge on any atom is 0.325 e. The summed E-state index contributed by atoms with van der Waals surface area (Å²) in [5.41, 5.74) is -0.0322. The molecule has 84 valence electrons. The first-order valence-electron chi connectivity index (χ1n) is 4.41. The maximum absolute atomic E-state index is 13.6. The molecule has 0 bridgehead atoms. The molecule has 0 fully saturated rings. The van der Waals surface area contributed by atoms with Crippen LogP contribution in [0.4, 0.5) is 4.39 Å². The van der Waals surface area contributed by atoms with Crippen LogP contribution >= 0.6 is 11.6 Å². The van der Waals surface area contributed by atoms with E-state index in [-0.39, 0.29) is 17.1 Å². The van der Waals surface area contributed by atoms with E-state index in [0.717, 1.165) is 0 Å². The first-order valence-corrected chi connectivity index (χ1v) is 4.79.